The number of amides is 1. The zero-order valence-electron chi connectivity index (χ0n) is 15.3. The van der Waals surface area contributed by atoms with Crippen molar-refractivity contribution in [1.29, 1.82) is 0 Å². The first-order chi connectivity index (χ1) is 12.5. The maximum atomic E-state index is 11.8. The lowest BCUT2D eigenvalue weighted by Crippen LogP contribution is -2.37. The molecule has 0 radical (unpaired) electrons. The first-order valence-corrected chi connectivity index (χ1v) is 9.18. The van der Waals surface area contributed by atoms with Crippen molar-refractivity contribution >= 4 is 22.9 Å². The number of carbonyl (C=O) groups is 2. The number of carbonyl (C=O) groups excluding carboxylic acids is 2. The Morgan fingerprint density at radius 3 is 1.96 bits per heavy atom. The number of ether oxygens (including phenoxy) is 1. The molecular formula is C21H24ClNO3. The van der Waals surface area contributed by atoms with E-state index in [2.05, 4.69) is 31.3 Å². The predicted molar refractivity (Wildman–Crippen MR) is 104 cm³/mol. The standard InChI is InChI=1S/C18H16ClNO3.C3H8/c1-11(17(19)21)20-18(22)23-10-16-14-8-4-2-6-12(14)13-7-3-5-9-15(13)16;1-3-2/h2-9,11,16H,10H2,1H3,(H,20,22);3H2,1-2H3. The summed E-state index contributed by atoms with van der Waals surface area (Å²) in [6.45, 7) is 5.97. The lowest BCUT2D eigenvalue weighted by molar-refractivity contribution is -0.113. The number of rotatable bonds is 4. The molecule has 2 aromatic carbocycles. The topological polar surface area (TPSA) is 55.4 Å². The highest BCUT2D eigenvalue weighted by Gasteiger charge is 2.29. The largest absolute Gasteiger partial charge is 0.449 e. The number of alkyl carbamates (subject to hydrolysis) is 1. The quantitative estimate of drug-likeness (QED) is 0.759. The summed E-state index contributed by atoms with van der Waals surface area (Å²) in [6.07, 6.45) is 0.605. The van der Waals surface area contributed by atoms with Gasteiger partial charge in [0.15, 0.2) is 0 Å². The van der Waals surface area contributed by atoms with Gasteiger partial charge in [-0.3, -0.25) is 4.79 Å². The van der Waals surface area contributed by atoms with Crippen LogP contribution >= 0.6 is 11.6 Å². The fraction of sp³-hybridized carbons (Fsp3) is 0.333. The van der Waals surface area contributed by atoms with E-state index >= 15 is 0 Å². The number of hydrogen-bond donors (Lipinski definition) is 1. The van der Waals surface area contributed by atoms with Crippen molar-refractivity contribution in [3.05, 3.63) is 59.7 Å². The van der Waals surface area contributed by atoms with Gasteiger partial charge in [0.2, 0.25) is 5.24 Å². The zero-order valence-corrected chi connectivity index (χ0v) is 16.0. The average Bonchev–Trinajstić information content (AvgIpc) is 2.94. The molecular weight excluding hydrogens is 350 g/mol. The van der Waals surface area contributed by atoms with Crippen LogP contribution in [-0.4, -0.2) is 24.0 Å². The Bertz CT molecular complexity index is 730. The van der Waals surface area contributed by atoms with E-state index in [1.54, 1.807) is 0 Å². The molecule has 1 amide bonds. The van der Waals surface area contributed by atoms with Gasteiger partial charge in [-0.15, -0.1) is 0 Å². The molecule has 1 unspecified atom stereocenters. The number of benzene rings is 2. The molecule has 1 aliphatic rings. The van der Waals surface area contributed by atoms with Gasteiger partial charge in [-0.25, -0.2) is 4.79 Å². The zero-order chi connectivity index (χ0) is 19.1. The summed E-state index contributed by atoms with van der Waals surface area (Å²) in [7, 11) is 0. The number of fused-ring (bicyclic) bond motifs is 3. The summed E-state index contributed by atoms with van der Waals surface area (Å²) in [5.74, 6) is -0.00448. The average molecular weight is 374 g/mol. The van der Waals surface area contributed by atoms with Crippen LogP contribution in [0.5, 0.6) is 0 Å². The van der Waals surface area contributed by atoms with Crippen LogP contribution in [0.4, 0.5) is 4.79 Å². The minimum atomic E-state index is -0.771. The first kappa shape index (κ1) is 20.0. The van der Waals surface area contributed by atoms with Gasteiger partial charge < -0.3 is 10.1 Å². The minimum absolute atomic E-state index is 0.00448. The molecule has 0 saturated carbocycles. The SMILES string of the molecule is CC(NC(=O)OCC1c2ccccc2-c2ccccc21)C(=O)Cl.CCC. The third-order valence-electron chi connectivity index (χ3n) is 4.02. The van der Waals surface area contributed by atoms with Crippen LogP contribution in [0.2, 0.25) is 0 Å². The molecule has 0 aliphatic heterocycles. The summed E-state index contributed by atoms with van der Waals surface area (Å²) >= 11 is 5.32. The molecule has 0 saturated heterocycles. The molecule has 0 heterocycles. The summed E-state index contributed by atoms with van der Waals surface area (Å²) in [6, 6.07) is 15.4. The third kappa shape index (κ3) is 4.64. The second-order valence-corrected chi connectivity index (χ2v) is 6.58. The van der Waals surface area contributed by atoms with E-state index in [4.69, 9.17) is 16.3 Å². The van der Waals surface area contributed by atoms with E-state index in [1.807, 2.05) is 36.4 Å². The monoisotopic (exact) mass is 373 g/mol. The van der Waals surface area contributed by atoms with E-state index in [1.165, 1.54) is 24.5 Å². The fourth-order valence-electron chi connectivity index (χ4n) is 2.87. The van der Waals surface area contributed by atoms with Gasteiger partial charge in [0.1, 0.15) is 12.6 Å². The molecule has 0 aromatic heterocycles. The van der Waals surface area contributed by atoms with Crippen molar-refractivity contribution in [2.75, 3.05) is 6.61 Å². The van der Waals surface area contributed by atoms with Crippen molar-refractivity contribution in [2.24, 2.45) is 0 Å². The second kappa shape index (κ2) is 9.39. The third-order valence-corrected chi connectivity index (χ3v) is 4.35. The van der Waals surface area contributed by atoms with Crippen LogP contribution in [0.15, 0.2) is 48.5 Å². The molecule has 5 heteroatoms. The molecule has 3 rings (SSSR count). The molecule has 1 N–H and O–H groups in total. The summed E-state index contributed by atoms with van der Waals surface area (Å²) < 4.78 is 5.30. The van der Waals surface area contributed by atoms with Crippen molar-refractivity contribution in [3.8, 4) is 11.1 Å². The van der Waals surface area contributed by atoms with Crippen molar-refractivity contribution in [3.63, 3.8) is 0 Å². The molecule has 0 spiro atoms. The Hall–Kier alpha value is -2.33. The summed E-state index contributed by atoms with van der Waals surface area (Å²) in [5, 5.41) is 1.78. The van der Waals surface area contributed by atoms with E-state index in [0.717, 1.165) is 11.1 Å². The lowest BCUT2D eigenvalue weighted by Gasteiger charge is -2.15. The highest BCUT2D eigenvalue weighted by Crippen LogP contribution is 2.44. The van der Waals surface area contributed by atoms with E-state index < -0.39 is 17.4 Å². The maximum absolute atomic E-state index is 11.8. The fourth-order valence-corrected chi connectivity index (χ4v) is 2.93. The second-order valence-electron chi connectivity index (χ2n) is 6.20. The molecule has 26 heavy (non-hydrogen) atoms. The molecule has 0 bridgehead atoms. The van der Waals surface area contributed by atoms with Crippen molar-refractivity contribution < 1.29 is 14.3 Å². The molecule has 4 nitrogen and oxygen atoms in total. The minimum Gasteiger partial charge on any atom is -0.449 e. The predicted octanol–water partition coefficient (Wildman–Crippen LogP) is 5.10. The Kier molecular flexibility index (Phi) is 7.22. The van der Waals surface area contributed by atoms with Gasteiger partial charge in [0.05, 0.1) is 0 Å². The Balaban J connectivity index is 0.000000758. The van der Waals surface area contributed by atoms with Crippen LogP contribution in [0.1, 0.15) is 44.2 Å². The van der Waals surface area contributed by atoms with Gasteiger partial charge in [-0.05, 0) is 40.8 Å². The van der Waals surface area contributed by atoms with Crippen LogP contribution in [0, 0.1) is 0 Å². The first-order valence-electron chi connectivity index (χ1n) is 8.80. The molecule has 1 aliphatic carbocycles. The normalized spacial score (nSPS) is 12.9. The van der Waals surface area contributed by atoms with E-state index in [9.17, 15) is 9.59 Å². The van der Waals surface area contributed by atoms with E-state index in [-0.39, 0.29) is 12.5 Å². The summed E-state index contributed by atoms with van der Waals surface area (Å²) in [5.41, 5.74) is 4.62. The van der Waals surface area contributed by atoms with Crippen LogP contribution in [0.3, 0.4) is 0 Å². The highest BCUT2D eigenvalue weighted by atomic mass is 35.5. The van der Waals surface area contributed by atoms with Gasteiger partial charge in [-0.1, -0.05) is 68.8 Å². The van der Waals surface area contributed by atoms with Gasteiger partial charge in [0.25, 0.3) is 0 Å². The van der Waals surface area contributed by atoms with Gasteiger partial charge in [-0.2, -0.15) is 0 Å². The Labute approximate surface area is 159 Å². The Morgan fingerprint density at radius 1 is 1.04 bits per heavy atom. The number of nitrogens with one attached hydrogen (secondary N) is 1. The van der Waals surface area contributed by atoms with Crippen molar-refractivity contribution in [2.45, 2.75) is 39.2 Å². The molecule has 0 fully saturated rings. The maximum Gasteiger partial charge on any atom is 0.407 e. The summed E-state index contributed by atoms with van der Waals surface area (Å²) in [4.78, 5) is 22.8. The van der Waals surface area contributed by atoms with Crippen molar-refractivity contribution in [1.82, 2.24) is 5.32 Å². The highest BCUT2D eigenvalue weighted by molar-refractivity contribution is 6.64. The molecule has 1 atom stereocenters. The Morgan fingerprint density at radius 2 is 1.50 bits per heavy atom. The van der Waals surface area contributed by atoms with Crippen LogP contribution < -0.4 is 5.32 Å². The van der Waals surface area contributed by atoms with Gasteiger partial charge in [0, 0.05) is 5.92 Å². The van der Waals surface area contributed by atoms with Crippen LogP contribution in [-0.2, 0) is 9.53 Å². The smallest absolute Gasteiger partial charge is 0.407 e. The van der Waals surface area contributed by atoms with E-state index in [0.29, 0.717) is 0 Å². The van der Waals surface area contributed by atoms with Crippen LogP contribution in [0.25, 0.3) is 11.1 Å². The molecule has 2 aromatic rings. The number of halogens is 1. The molecule has 138 valence electrons. The number of hydrogen-bond acceptors (Lipinski definition) is 3. The lowest BCUT2D eigenvalue weighted by atomic mass is 9.98. The van der Waals surface area contributed by atoms with Gasteiger partial charge >= 0.3 is 6.09 Å².